The van der Waals surface area contributed by atoms with Crippen molar-refractivity contribution in [3.63, 3.8) is 0 Å². The molecular formula is C14H32N4. The molecular weight excluding hydrogens is 224 g/mol. The second-order valence-electron chi connectivity index (χ2n) is 4.62. The summed E-state index contributed by atoms with van der Waals surface area (Å²) in [7, 11) is 0. The van der Waals surface area contributed by atoms with Gasteiger partial charge in [0.05, 0.1) is 0 Å². The van der Waals surface area contributed by atoms with Crippen molar-refractivity contribution in [2.75, 3.05) is 45.8 Å². The van der Waals surface area contributed by atoms with Gasteiger partial charge in [-0.1, -0.05) is 13.5 Å². The van der Waals surface area contributed by atoms with Crippen molar-refractivity contribution >= 4 is 0 Å². The molecule has 4 N–H and O–H groups in total. The van der Waals surface area contributed by atoms with E-state index < -0.39 is 0 Å². The molecule has 4 nitrogen and oxygen atoms in total. The largest absolute Gasteiger partial charge is 0.389 e. The molecule has 108 valence electrons. The normalized spacial score (nSPS) is 10.6. The standard InChI is InChI=1S/C14H32N4/c1-4-15-8-5-9-16-10-6-11-17-12-7-13-18-14(2)3/h15-18H,2,4-13H2,1,3H3. The molecule has 0 saturated heterocycles. The highest BCUT2D eigenvalue weighted by atomic mass is 14.9. The van der Waals surface area contributed by atoms with Crippen LogP contribution in [0.1, 0.15) is 33.1 Å². The zero-order valence-corrected chi connectivity index (χ0v) is 12.3. The minimum absolute atomic E-state index is 1.02. The van der Waals surface area contributed by atoms with Gasteiger partial charge < -0.3 is 21.3 Å². The van der Waals surface area contributed by atoms with Crippen molar-refractivity contribution < 1.29 is 0 Å². The molecule has 0 aliphatic heterocycles. The first-order valence-electron chi connectivity index (χ1n) is 7.29. The number of allylic oxidation sites excluding steroid dienone is 1. The highest BCUT2D eigenvalue weighted by Gasteiger charge is 1.90. The van der Waals surface area contributed by atoms with E-state index in [4.69, 9.17) is 0 Å². The molecule has 0 heterocycles. The number of nitrogens with one attached hydrogen (secondary N) is 4. The molecule has 0 unspecified atom stereocenters. The van der Waals surface area contributed by atoms with Gasteiger partial charge in [-0.25, -0.2) is 0 Å². The monoisotopic (exact) mass is 256 g/mol. The Balaban J connectivity index is 2.92. The minimum Gasteiger partial charge on any atom is -0.389 e. The first-order chi connectivity index (χ1) is 8.77. The second kappa shape index (κ2) is 14.5. The lowest BCUT2D eigenvalue weighted by Crippen LogP contribution is -2.26. The van der Waals surface area contributed by atoms with E-state index in [1.807, 2.05) is 6.92 Å². The second-order valence-corrected chi connectivity index (χ2v) is 4.62. The SMILES string of the molecule is C=C(C)NCCCNCCCNCCCNCC. The fourth-order valence-electron chi connectivity index (χ4n) is 1.62. The Morgan fingerprint density at radius 3 is 1.67 bits per heavy atom. The van der Waals surface area contributed by atoms with Crippen LogP contribution in [0, 0.1) is 0 Å². The van der Waals surface area contributed by atoms with Gasteiger partial charge in [-0.05, 0) is 65.5 Å². The summed E-state index contributed by atoms with van der Waals surface area (Å²) in [5.41, 5.74) is 1.05. The molecule has 0 atom stereocenters. The molecule has 0 spiro atoms. The van der Waals surface area contributed by atoms with E-state index in [1.165, 1.54) is 12.8 Å². The van der Waals surface area contributed by atoms with Crippen molar-refractivity contribution in [3.05, 3.63) is 12.3 Å². The molecule has 0 amide bonds. The van der Waals surface area contributed by atoms with Crippen LogP contribution in [0.25, 0.3) is 0 Å². The lowest BCUT2D eigenvalue weighted by atomic mass is 10.3. The van der Waals surface area contributed by atoms with Gasteiger partial charge in [0.15, 0.2) is 0 Å². The highest BCUT2D eigenvalue weighted by molar-refractivity contribution is 4.83. The fourth-order valence-corrected chi connectivity index (χ4v) is 1.62. The Hall–Kier alpha value is -0.580. The number of hydrogen-bond donors (Lipinski definition) is 4. The Bertz CT molecular complexity index is 183. The van der Waals surface area contributed by atoms with Gasteiger partial charge >= 0.3 is 0 Å². The van der Waals surface area contributed by atoms with E-state index in [2.05, 4.69) is 34.8 Å². The van der Waals surface area contributed by atoms with E-state index in [0.29, 0.717) is 0 Å². The third-order valence-electron chi connectivity index (χ3n) is 2.62. The van der Waals surface area contributed by atoms with Crippen LogP contribution in [0.2, 0.25) is 0 Å². The number of hydrogen-bond acceptors (Lipinski definition) is 4. The van der Waals surface area contributed by atoms with Gasteiger partial charge in [-0.15, -0.1) is 0 Å². The molecule has 0 bridgehead atoms. The van der Waals surface area contributed by atoms with Crippen LogP contribution in [-0.2, 0) is 0 Å². The maximum absolute atomic E-state index is 3.81. The molecule has 0 fully saturated rings. The van der Waals surface area contributed by atoms with Crippen LogP contribution in [0.3, 0.4) is 0 Å². The van der Waals surface area contributed by atoms with E-state index in [0.717, 1.165) is 57.9 Å². The van der Waals surface area contributed by atoms with Gasteiger partial charge in [0.2, 0.25) is 0 Å². The Morgan fingerprint density at radius 2 is 1.22 bits per heavy atom. The maximum Gasteiger partial charge on any atom is 0.0155 e. The smallest absolute Gasteiger partial charge is 0.0155 e. The fraction of sp³-hybridized carbons (Fsp3) is 0.857. The first kappa shape index (κ1) is 17.4. The average Bonchev–Trinajstić information content (AvgIpc) is 2.34. The molecule has 0 aliphatic carbocycles. The molecule has 0 radical (unpaired) electrons. The van der Waals surface area contributed by atoms with E-state index in [-0.39, 0.29) is 0 Å². The highest BCUT2D eigenvalue weighted by Crippen LogP contribution is 1.81. The molecule has 0 aliphatic rings. The van der Waals surface area contributed by atoms with Crippen LogP contribution in [0.4, 0.5) is 0 Å². The molecule has 0 aromatic carbocycles. The van der Waals surface area contributed by atoms with Gasteiger partial charge in [-0.2, -0.15) is 0 Å². The van der Waals surface area contributed by atoms with Crippen LogP contribution in [-0.4, -0.2) is 45.8 Å². The molecule has 0 saturated carbocycles. The molecule has 0 rings (SSSR count). The molecule has 0 aromatic rings. The predicted molar refractivity (Wildman–Crippen MR) is 81.0 cm³/mol. The molecule has 4 heteroatoms. The first-order valence-corrected chi connectivity index (χ1v) is 7.29. The Kier molecular flexibility index (Phi) is 14.0. The maximum atomic E-state index is 3.81. The predicted octanol–water partition coefficient (Wildman–Crippen LogP) is 1.07. The summed E-state index contributed by atoms with van der Waals surface area (Å²) < 4.78 is 0. The zero-order valence-electron chi connectivity index (χ0n) is 12.3. The van der Waals surface area contributed by atoms with Gasteiger partial charge in [0.25, 0.3) is 0 Å². The summed E-state index contributed by atoms with van der Waals surface area (Å²) >= 11 is 0. The summed E-state index contributed by atoms with van der Waals surface area (Å²) in [4.78, 5) is 0. The minimum atomic E-state index is 1.02. The third kappa shape index (κ3) is 15.4. The lowest BCUT2D eigenvalue weighted by Gasteiger charge is -2.07. The van der Waals surface area contributed by atoms with Crippen LogP contribution in [0.5, 0.6) is 0 Å². The van der Waals surface area contributed by atoms with E-state index >= 15 is 0 Å². The van der Waals surface area contributed by atoms with Crippen molar-refractivity contribution in [1.29, 1.82) is 0 Å². The van der Waals surface area contributed by atoms with Crippen LogP contribution >= 0.6 is 0 Å². The summed E-state index contributed by atoms with van der Waals surface area (Å²) in [6.07, 6.45) is 3.58. The summed E-state index contributed by atoms with van der Waals surface area (Å²) in [6, 6.07) is 0. The van der Waals surface area contributed by atoms with Crippen molar-refractivity contribution in [2.45, 2.75) is 33.1 Å². The van der Waals surface area contributed by atoms with Crippen molar-refractivity contribution in [2.24, 2.45) is 0 Å². The zero-order chi connectivity index (χ0) is 13.5. The van der Waals surface area contributed by atoms with Crippen molar-refractivity contribution in [1.82, 2.24) is 21.3 Å². The Labute approximate surface area is 113 Å². The average molecular weight is 256 g/mol. The molecule has 18 heavy (non-hydrogen) atoms. The van der Waals surface area contributed by atoms with Gasteiger partial charge in [0, 0.05) is 12.2 Å². The third-order valence-corrected chi connectivity index (χ3v) is 2.62. The quantitative estimate of drug-likeness (QED) is 0.351. The Morgan fingerprint density at radius 1 is 0.778 bits per heavy atom. The van der Waals surface area contributed by atoms with E-state index in [1.54, 1.807) is 0 Å². The van der Waals surface area contributed by atoms with Gasteiger partial charge in [0.1, 0.15) is 0 Å². The van der Waals surface area contributed by atoms with Crippen molar-refractivity contribution in [3.8, 4) is 0 Å². The lowest BCUT2D eigenvalue weighted by molar-refractivity contribution is 0.561. The molecule has 0 aromatic heterocycles. The summed E-state index contributed by atoms with van der Waals surface area (Å²) in [6.45, 7) is 15.6. The van der Waals surface area contributed by atoms with E-state index in [9.17, 15) is 0 Å². The number of rotatable bonds is 14. The summed E-state index contributed by atoms with van der Waals surface area (Å²) in [5, 5.41) is 13.5. The summed E-state index contributed by atoms with van der Waals surface area (Å²) in [5.74, 6) is 0. The van der Waals surface area contributed by atoms with Crippen LogP contribution in [0.15, 0.2) is 12.3 Å². The van der Waals surface area contributed by atoms with Gasteiger partial charge in [-0.3, -0.25) is 0 Å². The van der Waals surface area contributed by atoms with Crippen LogP contribution < -0.4 is 21.3 Å². The topological polar surface area (TPSA) is 48.1 Å².